The minimum absolute atomic E-state index is 0.0210. The Kier molecular flexibility index (Phi) is 5.19. The first-order valence-corrected chi connectivity index (χ1v) is 9.98. The van der Waals surface area contributed by atoms with E-state index in [-0.39, 0.29) is 29.8 Å². The standard InChI is InChI=1S/C19H28N4O4/c1-11-6-14(21-18(25)16-8-17(27-22-16)12-2-3-12)4-5-23(11)19(26)13-7-15(24)10-20-9-13/h8,11-15,20,24H,2-7,9-10H2,1H3,(H,21,25)/t11-,13?,14?,15?/m0/s1. The monoisotopic (exact) mass is 376 g/mol. The predicted octanol–water partition coefficient (Wildman–Crippen LogP) is 0.632. The fraction of sp³-hybridized carbons (Fsp3) is 0.737. The molecule has 8 nitrogen and oxygen atoms in total. The average molecular weight is 376 g/mol. The first-order valence-electron chi connectivity index (χ1n) is 9.98. The number of rotatable bonds is 4. The maximum absolute atomic E-state index is 12.8. The summed E-state index contributed by atoms with van der Waals surface area (Å²) < 4.78 is 5.25. The number of nitrogens with one attached hydrogen (secondary N) is 2. The average Bonchev–Trinajstić information content (AvgIpc) is 3.38. The van der Waals surface area contributed by atoms with Crippen LogP contribution in [0.2, 0.25) is 0 Å². The lowest BCUT2D eigenvalue weighted by atomic mass is 9.92. The highest BCUT2D eigenvalue weighted by Crippen LogP contribution is 2.40. The number of aromatic nitrogens is 1. The highest BCUT2D eigenvalue weighted by Gasteiger charge is 2.35. The molecule has 0 radical (unpaired) electrons. The van der Waals surface area contributed by atoms with E-state index < -0.39 is 6.10 Å². The van der Waals surface area contributed by atoms with E-state index in [4.69, 9.17) is 4.52 Å². The van der Waals surface area contributed by atoms with Gasteiger partial charge in [-0.2, -0.15) is 0 Å². The highest BCUT2D eigenvalue weighted by molar-refractivity contribution is 5.92. The van der Waals surface area contributed by atoms with Crippen molar-refractivity contribution in [3.8, 4) is 0 Å². The van der Waals surface area contributed by atoms with Gasteiger partial charge in [-0.05, 0) is 39.0 Å². The third kappa shape index (κ3) is 4.16. The van der Waals surface area contributed by atoms with E-state index in [9.17, 15) is 14.7 Å². The largest absolute Gasteiger partial charge is 0.392 e. The molecule has 8 heteroatoms. The molecule has 2 aliphatic heterocycles. The van der Waals surface area contributed by atoms with Crippen LogP contribution in [0.4, 0.5) is 0 Å². The number of amides is 2. The summed E-state index contributed by atoms with van der Waals surface area (Å²) in [6, 6.07) is 1.82. The Bertz CT molecular complexity index is 702. The maximum atomic E-state index is 12.8. The summed E-state index contributed by atoms with van der Waals surface area (Å²) in [5.74, 6) is 0.961. The molecule has 2 amide bonds. The van der Waals surface area contributed by atoms with E-state index in [1.165, 1.54) is 0 Å². The summed E-state index contributed by atoms with van der Waals surface area (Å²) in [5.41, 5.74) is 0.338. The minimum Gasteiger partial charge on any atom is -0.392 e. The van der Waals surface area contributed by atoms with Gasteiger partial charge in [0.2, 0.25) is 5.91 Å². The molecule has 2 saturated heterocycles. The number of aliphatic hydroxyl groups excluding tert-OH is 1. The Balaban J connectivity index is 1.30. The molecule has 3 fully saturated rings. The van der Waals surface area contributed by atoms with Crippen LogP contribution in [0.25, 0.3) is 0 Å². The molecule has 0 bridgehead atoms. The molecule has 3 N–H and O–H groups in total. The van der Waals surface area contributed by atoms with Crippen molar-refractivity contribution in [2.45, 2.75) is 63.1 Å². The number of carbonyl (C=O) groups excluding carboxylic acids is 2. The predicted molar refractivity (Wildman–Crippen MR) is 97.1 cm³/mol. The number of nitrogens with zero attached hydrogens (tertiary/aromatic N) is 2. The Morgan fingerprint density at radius 3 is 2.81 bits per heavy atom. The normalized spacial score (nSPS) is 31.6. The van der Waals surface area contributed by atoms with E-state index >= 15 is 0 Å². The lowest BCUT2D eigenvalue weighted by Crippen LogP contribution is -2.54. The third-order valence-corrected chi connectivity index (χ3v) is 5.91. The second kappa shape index (κ2) is 7.59. The van der Waals surface area contributed by atoms with E-state index in [1.54, 1.807) is 6.07 Å². The number of hydrogen-bond acceptors (Lipinski definition) is 6. The summed E-state index contributed by atoms with van der Waals surface area (Å²) in [7, 11) is 0. The lowest BCUT2D eigenvalue weighted by molar-refractivity contribution is -0.140. The molecule has 1 aliphatic carbocycles. The molecule has 148 valence electrons. The van der Waals surface area contributed by atoms with Gasteiger partial charge in [0, 0.05) is 43.7 Å². The van der Waals surface area contributed by atoms with Crippen molar-refractivity contribution in [1.29, 1.82) is 0 Å². The zero-order chi connectivity index (χ0) is 19.0. The van der Waals surface area contributed by atoms with Crippen LogP contribution in [0.15, 0.2) is 10.6 Å². The van der Waals surface area contributed by atoms with Gasteiger partial charge < -0.3 is 25.2 Å². The zero-order valence-corrected chi connectivity index (χ0v) is 15.7. The fourth-order valence-electron chi connectivity index (χ4n) is 4.19. The Hall–Kier alpha value is -1.93. The number of piperidine rings is 2. The Morgan fingerprint density at radius 2 is 2.11 bits per heavy atom. The number of carbonyl (C=O) groups is 2. The molecule has 0 spiro atoms. The van der Waals surface area contributed by atoms with Crippen molar-refractivity contribution in [2.24, 2.45) is 5.92 Å². The van der Waals surface area contributed by atoms with Gasteiger partial charge in [-0.3, -0.25) is 9.59 Å². The van der Waals surface area contributed by atoms with Crippen LogP contribution in [-0.4, -0.2) is 64.8 Å². The molecule has 4 rings (SSSR count). The first-order chi connectivity index (χ1) is 13.0. The van der Waals surface area contributed by atoms with Crippen molar-refractivity contribution >= 4 is 11.8 Å². The number of hydrogen-bond donors (Lipinski definition) is 3. The van der Waals surface area contributed by atoms with Gasteiger partial charge in [-0.15, -0.1) is 0 Å². The molecular formula is C19H28N4O4. The van der Waals surface area contributed by atoms with E-state index in [2.05, 4.69) is 15.8 Å². The number of β-amino-alcohol motifs (C(OH)–C–C–N with tert-alkyl or cyclic N) is 1. The van der Waals surface area contributed by atoms with Crippen LogP contribution in [0.5, 0.6) is 0 Å². The lowest BCUT2D eigenvalue weighted by Gasteiger charge is -2.40. The van der Waals surface area contributed by atoms with Crippen molar-refractivity contribution in [3.05, 3.63) is 17.5 Å². The number of aliphatic hydroxyl groups is 1. The summed E-state index contributed by atoms with van der Waals surface area (Å²) in [6.45, 7) is 3.81. The second-order valence-corrected chi connectivity index (χ2v) is 8.21. The quantitative estimate of drug-likeness (QED) is 0.711. The summed E-state index contributed by atoms with van der Waals surface area (Å²) >= 11 is 0. The van der Waals surface area contributed by atoms with Gasteiger partial charge in [0.1, 0.15) is 5.76 Å². The summed E-state index contributed by atoms with van der Waals surface area (Å²) in [4.78, 5) is 27.1. The van der Waals surface area contributed by atoms with Crippen molar-refractivity contribution in [3.63, 3.8) is 0 Å². The zero-order valence-electron chi connectivity index (χ0n) is 15.7. The number of likely N-dealkylation sites (tertiary alicyclic amines) is 1. The maximum Gasteiger partial charge on any atom is 0.273 e. The van der Waals surface area contributed by atoms with Gasteiger partial charge >= 0.3 is 0 Å². The molecule has 3 unspecified atom stereocenters. The topological polar surface area (TPSA) is 108 Å². The van der Waals surface area contributed by atoms with E-state index in [0.29, 0.717) is 44.1 Å². The van der Waals surface area contributed by atoms with Gasteiger partial charge in [0.05, 0.1) is 12.0 Å². The molecule has 1 saturated carbocycles. The van der Waals surface area contributed by atoms with Crippen LogP contribution >= 0.6 is 0 Å². The molecule has 27 heavy (non-hydrogen) atoms. The molecule has 1 aromatic rings. The minimum atomic E-state index is -0.456. The van der Waals surface area contributed by atoms with Crippen molar-refractivity contribution < 1.29 is 19.2 Å². The van der Waals surface area contributed by atoms with Crippen molar-refractivity contribution in [2.75, 3.05) is 19.6 Å². The van der Waals surface area contributed by atoms with E-state index in [0.717, 1.165) is 25.0 Å². The highest BCUT2D eigenvalue weighted by atomic mass is 16.5. The Morgan fingerprint density at radius 1 is 1.30 bits per heavy atom. The molecule has 1 aromatic heterocycles. The van der Waals surface area contributed by atoms with Crippen LogP contribution < -0.4 is 10.6 Å². The molecule has 3 heterocycles. The molecule has 3 aliphatic rings. The Labute approximate surface area is 158 Å². The van der Waals surface area contributed by atoms with Gasteiger partial charge in [0.25, 0.3) is 5.91 Å². The fourth-order valence-corrected chi connectivity index (χ4v) is 4.19. The second-order valence-electron chi connectivity index (χ2n) is 8.21. The SMILES string of the molecule is C[C@H]1CC(NC(=O)c2cc(C3CC3)on2)CCN1C(=O)C1CNCC(O)C1. The first kappa shape index (κ1) is 18.4. The smallest absolute Gasteiger partial charge is 0.273 e. The van der Waals surface area contributed by atoms with Gasteiger partial charge in [-0.1, -0.05) is 5.16 Å². The van der Waals surface area contributed by atoms with Crippen LogP contribution in [0, 0.1) is 5.92 Å². The van der Waals surface area contributed by atoms with Gasteiger partial charge in [0.15, 0.2) is 5.69 Å². The van der Waals surface area contributed by atoms with Crippen LogP contribution in [0.3, 0.4) is 0 Å². The van der Waals surface area contributed by atoms with Crippen molar-refractivity contribution in [1.82, 2.24) is 20.7 Å². The summed E-state index contributed by atoms with van der Waals surface area (Å²) in [5, 5.41) is 19.8. The van der Waals surface area contributed by atoms with E-state index in [1.807, 2.05) is 11.8 Å². The van der Waals surface area contributed by atoms with Crippen LogP contribution in [0.1, 0.15) is 61.2 Å². The third-order valence-electron chi connectivity index (χ3n) is 5.91. The van der Waals surface area contributed by atoms with Gasteiger partial charge in [-0.25, -0.2) is 0 Å². The summed E-state index contributed by atoms with van der Waals surface area (Å²) in [6.07, 6.45) is 3.71. The molecule has 4 atom stereocenters. The van der Waals surface area contributed by atoms with Crippen LogP contribution in [-0.2, 0) is 4.79 Å². The molecule has 0 aromatic carbocycles. The molecular weight excluding hydrogens is 348 g/mol.